The van der Waals surface area contributed by atoms with Gasteiger partial charge in [-0.1, -0.05) is 20.8 Å². The summed E-state index contributed by atoms with van der Waals surface area (Å²) in [4.78, 5) is 4.40. The fourth-order valence-corrected chi connectivity index (χ4v) is 2.26. The zero-order chi connectivity index (χ0) is 12.8. The Balaban J connectivity index is 2.75. The molecule has 0 saturated heterocycles. The van der Waals surface area contributed by atoms with Crippen molar-refractivity contribution in [1.82, 2.24) is 20.1 Å². The third kappa shape index (κ3) is 3.80. The molecule has 0 aliphatic heterocycles. The average molecular weight is 238 g/mol. The lowest BCUT2D eigenvalue weighted by atomic mass is 9.86. The number of hydrogen-bond donors (Lipinski definition) is 1. The Morgan fingerprint density at radius 2 is 2.06 bits per heavy atom. The Morgan fingerprint density at radius 3 is 2.59 bits per heavy atom. The van der Waals surface area contributed by atoms with Crippen LogP contribution in [0.25, 0.3) is 0 Å². The molecule has 0 radical (unpaired) electrons. The molecule has 98 valence electrons. The lowest BCUT2D eigenvalue weighted by Gasteiger charge is -2.26. The van der Waals surface area contributed by atoms with Gasteiger partial charge in [-0.3, -0.25) is 4.68 Å². The minimum absolute atomic E-state index is 0.502. The summed E-state index contributed by atoms with van der Waals surface area (Å²) in [5.74, 6) is 2.36. The molecule has 1 aromatic rings. The van der Waals surface area contributed by atoms with Crippen LogP contribution in [0, 0.1) is 11.8 Å². The Hall–Kier alpha value is -0.900. The van der Waals surface area contributed by atoms with E-state index >= 15 is 0 Å². The maximum absolute atomic E-state index is 4.40. The van der Waals surface area contributed by atoms with E-state index in [1.807, 2.05) is 11.7 Å². The van der Waals surface area contributed by atoms with Gasteiger partial charge in [-0.2, -0.15) is 5.10 Å². The number of hydrogen-bond acceptors (Lipinski definition) is 3. The minimum atomic E-state index is 0.502. The highest BCUT2D eigenvalue weighted by molar-refractivity contribution is 4.91. The monoisotopic (exact) mass is 238 g/mol. The van der Waals surface area contributed by atoms with Gasteiger partial charge in [0.25, 0.3) is 0 Å². The van der Waals surface area contributed by atoms with E-state index < -0.39 is 0 Å². The Bertz CT molecular complexity index is 319. The molecule has 2 unspecified atom stereocenters. The molecule has 0 aromatic carbocycles. The summed E-state index contributed by atoms with van der Waals surface area (Å²) in [6.45, 7) is 9.93. The summed E-state index contributed by atoms with van der Waals surface area (Å²) in [6, 6.07) is 0.502. The number of nitrogens with zero attached hydrogens (tertiary/aromatic N) is 3. The fourth-order valence-electron chi connectivity index (χ4n) is 2.26. The quantitative estimate of drug-likeness (QED) is 0.791. The van der Waals surface area contributed by atoms with Crippen LogP contribution in [0.2, 0.25) is 0 Å². The van der Waals surface area contributed by atoms with Crippen LogP contribution >= 0.6 is 0 Å². The smallest absolute Gasteiger partial charge is 0.138 e. The third-order valence-electron chi connectivity index (χ3n) is 3.50. The van der Waals surface area contributed by atoms with Crippen molar-refractivity contribution in [2.75, 3.05) is 7.05 Å². The van der Waals surface area contributed by atoms with Crippen LogP contribution in [0.5, 0.6) is 0 Å². The highest BCUT2D eigenvalue weighted by Crippen LogP contribution is 2.19. The van der Waals surface area contributed by atoms with Crippen molar-refractivity contribution in [2.24, 2.45) is 11.8 Å². The van der Waals surface area contributed by atoms with E-state index in [1.165, 1.54) is 0 Å². The molecule has 17 heavy (non-hydrogen) atoms. The van der Waals surface area contributed by atoms with Gasteiger partial charge in [0.1, 0.15) is 12.2 Å². The van der Waals surface area contributed by atoms with Gasteiger partial charge in [-0.25, -0.2) is 4.98 Å². The normalized spacial score (nSPS) is 15.2. The summed E-state index contributed by atoms with van der Waals surface area (Å²) in [7, 11) is 2.02. The molecule has 2 atom stereocenters. The summed E-state index contributed by atoms with van der Waals surface area (Å²) in [5.41, 5.74) is 0. The van der Waals surface area contributed by atoms with Crippen molar-refractivity contribution >= 4 is 0 Å². The van der Waals surface area contributed by atoms with Crippen molar-refractivity contribution in [3.63, 3.8) is 0 Å². The van der Waals surface area contributed by atoms with Crippen molar-refractivity contribution in [1.29, 1.82) is 0 Å². The van der Waals surface area contributed by atoms with Crippen LogP contribution in [0.3, 0.4) is 0 Å². The molecule has 1 aromatic heterocycles. The second-order valence-electron chi connectivity index (χ2n) is 5.09. The molecular formula is C13H26N4. The van der Waals surface area contributed by atoms with Crippen LogP contribution in [0.4, 0.5) is 0 Å². The first-order valence-electron chi connectivity index (χ1n) is 6.64. The number of rotatable bonds is 7. The van der Waals surface area contributed by atoms with Crippen molar-refractivity contribution < 1.29 is 0 Å². The minimum Gasteiger partial charge on any atom is -0.317 e. The first-order valence-corrected chi connectivity index (χ1v) is 6.64. The molecule has 4 heteroatoms. The van der Waals surface area contributed by atoms with E-state index in [0.29, 0.717) is 17.9 Å². The lowest BCUT2D eigenvalue weighted by molar-refractivity contribution is 0.291. The second-order valence-corrected chi connectivity index (χ2v) is 5.09. The number of aromatic nitrogens is 3. The predicted octanol–water partition coefficient (Wildman–Crippen LogP) is 2.11. The van der Waals surface area contributed by atoms with Crippen LogP contribution in [0.15, 0.2) is 6.33 Å². The molecule has 0 fully saturated rings. The SMILES string of the molecule is CCCn1ncnc1CC(C(C)C)C(C)NC. The fraction of sp³-hybridized carbons (Fsp3) is 0.846. The zero-order valence-corrected chi connectivity index (χ0v) is 11.8. The van der Waals surface area contributed by atoms with E-state index in [4.69, 9.17) is 0 Å². The van der Waals surface area contributed by atoms with Gasteiger partial charge in [-0.15, -0.1) is 0 Å². The first-order chi connectivity index (χ1) is 8.10. The summed E-state index contributed by atoms with van der Waals surface area (Å²) < 4.78 is 2.04. The van der Waals surface area contributed by atoms with Gasteiger partial charge in [-0.05, 0) is 32.2 Å². The van der Waals surface area contributed by atoms with Gasteiger partial charge < -0.3 is 5.32 Å². The molecule has 0 spiro atoms. The van der Waals surface area contributed by atoms with Crippen LogP contribution < -0.4 is 5.32 Å². The van der Waals surface area contributed by atoms with Gasteiger partial charge in [0.05, 0.1) is 0 Å². The molecule has 0 aliphatic rings. The van der Waals surface area contributed by atoms with Gasteiger partial charge in [0.15, 0.2) is 0 Å². The van der Waals surface area contributed by atoms with Crippen LogP contribution in [0.1, 0.15) is 39.9 Å². The van der Waals surface area contributed by atoms with Gasteiger partial charge in [0, 0.05) is 19.0 Å². The first kappa shape index (κ1) is 14.2. The maximum Gasteiger partial charge on any atom is 0.138 e. The van der Waals surface area contributed by atoms with E-state index in [9.17, 15) is 0 Å². The summed E-state index contributed by atoms with van der Waals surface area (Å²) in [6.07, 6.45) is 3.77. The molecular weight excluding hydrogens is 212 g/mol. The molecule has 4 nitrogen and oxygen atoms in total. The standard InChI is InChI=1S/C13H26N4/c1-6-7-17-13(15-9-16-17)8-12(10(2)3)11(4)14-5/h9-12,14H,6-8H2,1-5H3. The third-order valence-corrected chi connectivity index (χ3v) is 3.50. The maximum atomic E-state index is 4.40. The van der Waals surface area contributed by atoms with E-state index in [2.05, 4.69) is 43.1 Å². The second kappa shape index (κ2) is 6.74. The number of nitrogens with one attached hydrogen (secondary N) is 1. The molecule has 0 bridgehead atoms. The Labute approximate surface area is 105 Å². The Morgan fingerprint density at radius 1 is 1.35 bits per heavy atom. The predicted molar refractivity (Wildman–Crippen MR) is 70.9 cm³/mol. The zero-order valence-electron chi connectivity index (χ0n) is 11.8. The van der Waals surface area contributed by atoms with Crippen molar-refractivity contribution in [2.45, 2.75) is 53.1 Å². The highest BCUT2D eigenvalue weighted by atomic mass is 15.3. The van der Waals surface area contributed by atoms with Crippen LogP contribution in [-0.2, 0) is 13.0 Å². The van der Waals surface area contributed by atoms with E-state index in [-0.39, 0.29) is 0 Å². The molecule has 0 amide bonds. The molecule has 1 N–H and O–H groups in total. The number of aryl methyl sites for hydroxylation is 1. The van der Waals surface area contributed by atoms with Crippen molar-refractivity contribution in [3.05, 3.63) is 12.2 Å². The molecule has 1 rings (SSSR count). The van der Waals surface area contributed by atoms with Gasteiger partial charge in [0.2, 0.25) is 0 Å². The topological polar surface area (TPSA) is 42.7 Å². The highest BCUT2D eigenvalue weighted by Gasteiger charge is 2.22. The largest absolute Gasteiger partial charge is 0.317 e. The average Bonchev–Trinajstić information content (AvgIpc) is 2.72. The molecule has 0 saturated carbocycles. The van der Waals surface area contributed by atoms with E-state index in [0.717, 1.165) is 25.2 Å². The van der Waals surface area contributed by atoms with E-state index in [1.54, 1.807) is 6.33 Å². The summed E-state index contributed by atoms with van der Waals surface area (Å²) >= 11 is 0. The molecule has 0 aliphatic carbocycles. The van der Waals surface area contributed by atoms with Crippen molar-refractivity contribution in [3.8, 4) is 0 Å². The van der Waals surface area contributed by atoms with Gasteiger partial charge >= 0.3 is 0 Å². The Kier molecular flexibility index (Phi) is 5.62. The summed E-state index contributed by atoms with van der Waals surface area (Å²) in [5, 5.41) is 7.64. The lowest BCUT2D eigenvalue weighted by Crippen LogP contribution is -2.35. The molecule has 1 heterocycles. The van der Waals surface area contributed by atoms with Crippen LogP contribution in [-0.4, -0.2) is 27.9 Å².